The number of aryl methyl sites for hydroxylation is 3. The number of carbonyl (C=O) groups excluding carboxylic acids is 1. The first kappa shape index (κ1) is 13.2. The molecule has 3 aromatic heterocycles. The highest BCUT2D eigenvalue weighted by Gasteiger charge is 2.16. The minimum absolute atomic E-state index is 0.0767. The lowest BCUT2D eigenvalue weighted by Crippen LogP contribution is -2.15. The Morgan fingerprint density at radius 1 is 1.38 bits per heavy atom. The van der Waals surface area contributed by atoms with Crippen molar-refractivity contribution in [3.63, 3.8) is 0 Å². The Morgan fingerprint density at radius 3 is 2.95 bits per heavy atom. The summed E-state index contributed by atoms with van der Waals surface area (Å²) in [7, 11) is 0. The summed E-state index contributed by atoms with van der Waals surface area (Å²) >= 11 is 0. The zero-order chi connectivity index (χ0) is 15.0. The maximum absolute atomic E-state index is 12.2. The van der Waals surface area contributed by atoms with E-state index >= 15 is 0 Å². The number of anilines is 1. The number of amides is 1. The Bertz CT molecular complexity index is 817. The van der Waals surface area contributed by atoms with Gasteiger partial charge in [0.15, 0.2) is 0 Å². The van der Waals surface area contributed by atoms with Gasteiger partial charge >= 0.3 is 0 Å². The number of nitrogens with one attached hydrogen (secondary N) is 2. The third-order valence-electron chi connectivity index (χ3n) is 3.16. The summed E-state index contributed by atoms with van der Waals surface area (Å²) in [6.07, 6.45) is 2.45. The molecule has 2 N–H and O–H groups in total. The molecule has 8 heteroatoms. The van der Waals surface area contributed by atoms with Gasteiger partial charge in [0, 0.05) is 17.0 Å². The van der Waals surface area contributed by atoms with Crippen molar-refractivity contribution in [3.05, 3.63) is 35.0 Å². The molecule has 3 aromatic rings. The largest absolute Gasteiger partial charge is 0.304 e. The average molecular weight is 285 g/mol. The molecule has 0 aliphatic heterocycles. The van der Waals surface area contributed by atoms with Crippen molar-refractivity contribution in [1.82, 2.24) is 29.8 Å². The van der Waals surface area contributed by atoms with Gasteiger partial charge in [0.2, 0.25) is 5.82 Å². The molecule has 21 heavy (non-hydrogen) atoms. The van der Waals surface area contributed by atoms with Crippen LogP contribution >= 0.6 is 0 Å². The Kier molecular flexibility index (Phi) is 3.13. The van der Waals surface area contributed by atoms with Crippen LogP contribution in [0.3, 0.4) is 0 Å². The van der Waals surface area contributed by atoms with Crippen LogP contribution in [0.4, 0.5) is 5.82 Å². The molecule has 0 fully saturated rings. The number of nitrogens with zero attached hydrogens (tertiary/aromatic N) is 5. The minimum atomic E-state index is -0.392. The zero-order valence-corrected chi connectivity index (χ0v) is 12.0. The second kappa shape index (κ2) is 4.97. The van der Waals surface area contributed by atoms with E-state index < -0.39 is 5.91 Å². The van der Waals surface area contributed by atoms with Crippen LogP contribution in [-0.4, -0.2) is 35.7 Å². The van der Waals surface area contributed by atoms with Gasteiger partial charge in [-0.15, -0.1) is 5.10 Å². The lowest BCUT2D eigenvalue weighted by molar-refractivity contribution is 0.101. The van der Waals surface area contributed by atoms with E-state index in [1.165, 1.54) is 0 Å². The first-order valence-electron chi connectivity index (χ1n) is 6.63. The van der Waals surface area contributed by atoms with Gasteiger partial charge in [-0.1, -0.05) is 6.92 Å². The van der Waals surface area contributed by atoms with Crippen molar-refractivity contribution in [1.29, 1.82) is 0 Å². The number of hydrogen-bond acceptors (Lipinski definition) is 5. The van der Waals surface area contributed by atoms with Gasteiger partial charge in [-0.25, -0.2) is 9.50 Å². The number of H-pyrrole nitrogens is 1. The molecule has 0 spiro atoms. The monoisotopic (exact) mass is 285 g/mol. The topological polar surface area (TPSA) is 101 Å². The van der Waals surface area contributed by atoms with Crippen LogP contribution in [0, 0.1) is 13.8 Å². The second-order valence-electron chi connectivity index (χ2n) is 4.76. The first-order chi connectivity index (χ1) is 10.1. The van der Waals surface area contributed by atoms with Gasteiger partial charge < -0.3 is 5.32 Å². The highest BCUT2D eigenvalue weighted by Crippen LogP contribution is 2.12. The van der Waals surface area contributed by atoms with Crippen molar-refractivity contribution >= 4 is 17.5 Å². The van der Waals surface area contributed by atoms with E-state index in [-0.39, 0.29) is 5.82 Å². The molecule has 0 atom stereocenters. The molecule has 3 rings (SSSR count). The quantitative estimate of drug-likeness (QED) is 0.755. The molecule has 0 unspecified atom stereocenters. The average Bonchev–Trinajstić information content (AvgIpc) is 3.04. The predicted molar refractivity (Wildman–Crippen MR) is 76.2 cm³/mol. The van der Waals surface area contributed by atoms with Gasteiger partial charge in [0.05, 0.1) is 6.20 Å². The van der Waals surface area contributed by atoms with E-state index in [9.17, 15) is 4.79 Å². The third kappa shape index (κ3) is 2.35. The molecule has 0 saturated carbocycles. The summed E-state index contributed by atoms with van der Waals surface area (Å²) in [6.45, 7) is 5.75. The lowest BCUT2D eigenvalue weighted by Gasteiger charge is -2.00. The normalized spacial score (nSPS) is 11.0. The summed E-state index contributed by atoms with van der Waals surface area (Å²) in [6, 6.07) is 1.88. The van der Waals surface area contributed by atoms with E-state index in [4.69, 9.17) is 0 Å². The molecule has 0 aromatic carbocycles. The summed E-state index contributed by atoms with van der Waals surface area (Å²) in [5, 5.41) is 13.6. The maximum atomic E-state index is 12.2. The fourth-order valence-electron chi connectivity index (χ4n) is 2.12. The van der Waals surface area contributed by atoms with E-state index in [0.29, 0.717) is 11.6 Å². The fraction of sp³-hybridized carbons (Fsp3) is 0.308. The highest BCUT2D eigenvalue weighted by atomic mass is 16.2. The van der Waals surface area contributed by atoms with Crippen molar-refractivity contribution in [2.24, 2.45) is 0 Å². The van der Waals surface area contributed by atoms with Crippen LogP contribution in [0.25, 0.3) is 5.78 Å². The zero-order valence-electron chi connectivity index (χ0n) is 12.0. The van der Waals surface area contributed by atoms with Gasteiger partial charge in [-0.2, -0.15) is 10.1 Å². The van der Waals surface area contributed by atoms with Crippen molar-refractivity contribution in [2.45, 2.75) is 27.2 Å². The van der Waals surface area contributed by atoms with Gasteiger partial charge in [-0.3, -0.25) is 9.89 Å². The number of hydrogen-bond donors (Lipinski definition) is 2. The Labute approximate surface area is 120 Å². The Hall–Kier alpha value is -2.77. The molecule has 1 amide bonds. The standard InChI is InChI=1S/C13H15N7O/c1-4-9-6-14-18-10(9)16-12(21)11-17-13-15-7(2)5-8(3)20(13)19-11/h5-6H,4H2,1-3H3,(H2,14,16,18,21). The minimum Gasteiger partial charge on any atom is -0.304 e. The van der Waals surface area contributed by atoms with Crippen molar-refractivity contribution < 1.29 is 4.79 Å². The maximum Gasteiger partial charge on any atom is 0.296 e. The van der Waals surface area contributed by atoms with Crippen LogP contribution in [0.1, 0.15) is 34.5 Å². The van der Waals surface area contributed by atoms with Crippen LogP contribution < -0.4 is 5.32 Å². The summed E-state index contributed by atoms with van der Waals surface area (Å²) in [4.78, 5) is 20.6. The molecule has 0 aliphatic rings. The van der Waals surface area contributed by atoms with Crippen LogP contribution in [0.5, 0.6) is 0 Å². The third-order valence-corrected chi connectivity index (χ3v) is 3.16. The molecular weight excluding hydrogens is 270 g/mol. The molecular formula is C13H15N7O. The summed E-state index contributed by atoms with van der Waals surface area (Å²) in [5.41, 5.74) is 2.64. The first-order valence-corrected chi connectivity index (χ1v) is 6.63. The lowest BCUT2D eigenvalue weighted by atomic mass is 10.2. The van der Waals surface area contributed by atoms with Crippen LogP contribution in [0.15, 0.2) is 12.3 Å². The smallest absolute Gasteiger partial charge is 0.296 e. The van der Waals surface area contributed by atoms with E-state index in [2.05, 4.69) is 30.6 Å². The number of rotatable bonds is 3. The van der Waals surface area contributed by atoms with Crippen molar-refractivity contribution in [2.75, 3.05) is 5.32 Å². The van der Waals surface area contributed by atoms with Gasteiger partial charge in [0.1, 0.15) is 5.82 Å². The second-order valence-corrected chi connectivity index (χ2v) is 4.76. The molecule has 3 heterocycles. The highest BCUT2D eigenvalue weighted by molar-refractivity contribution is 6.01. The molecule has 0 aliphatic carbocycles. The summed E-state index contributed by atoms with van der Waals surface area (Å²) < 4.78 is 1.55. The number of carbonyl (C=O) groups is 1. The van der Waals surface area contributed by atoms with Crippen LogP contribution in [-0.2, 0) is 6.42 Å². The van der Waals surface area contributed by atoms with Gasteiger partial charge in [0.25, 0.3) is 11.7 Å². The number of aromatic nitrogens is 6. The molecule has 8 nitrogen and oxygen atoms in total. The van der Waals surface area contributed by atoms with Gasteiger partial charge in [-0.05, 0) is 26.3 Å². The predicted octanol–water partition coefficient (Wildman–Crippen LogP) is 1.28. The van der Waals surface area contributed by atoms with E-state index in [0.717, 1.165) is 23.4 Å². The summed E-state index contributed by atoms with van der Waals surface area (Å²) in [5.74, 6) is 0.671. The number of fused-ring (bicyclic) bond motifs is 1. The van der Waals surface area contributed by atoms with E-state index in [1.807, 2.05) is 26.8 Å². The molecule has 0 bridgehead atoms. The van der Waals surface area contributed by atoms with E-state index in [1.54, 1.807) is 10.7 Å². The Morgan fingerprint density at radius 2 is 2.19 bits per heavy atom. The van der Waals surface area contributed by atoms with Crippen molar-refractivity contribution in [3.8, 4) is 0 Å². The SMILES string of the molecule is CCc1cn[nH]c1NC(=O)c1nc2nc(C)cc(C)n2n1. The number of aromatic amines is 1. The Balaban J connectivity index is 1.93. The molecule has 0 saturated heterocycles. The fourth-order valence-corrected chi connectivity index (χ4v) is 2.12. The van der Waals surface area contributed by atoms with Crippen LogP contribution in [0.2, 0.25) is 0 Å². The molecule has 108 valence electrons. The molecule has 0 radical (unpaired) electrons.